The van der Waals surface area contributed by atoms with Crippen LogP contribution in [0.15, 0.2) is 0 Å². The van der Waals surface area contributed by atoms with Gasteiger partial charge in [-0.2, -0.15) is 11.8 Å². The van der Waals surface area contributed by atoms with E-state index in [4.69, 9.17) is 4.74 Å². The summed E-state index contributed by atoms with van der Waals surface area (Å²) in [6.45, 7) is 5.35. The number of rotatable bonds is 2. The summed E-state index contributed by atoms with van der Waals surface area (Å²) in [6.07, 6.45) is 0.715. The molecule has 0 aliphatic carbocycles. The molecule has 0 aromatic carbocycles. The van der Waals surface area contributed by atoms with E-state index in [1.54, 1.807) is 32.5 Å². The summed E-state index contributed by atoms with van der Waals surface area (Å²) in [7, 11) is 0. The minimum atomic E-state index is -0.849. The van der Waals surface area contributed by atoms with Crippen molar-refractivity contribution in [2.45, 2.75) is 45.3 Å². The summed E-state index contributed by atoms with van der Waals surface area (Å²) >= 11 is 1.73. The fourth-order valence-electron chi connectivity index (χ4n) is 1.85. The van der Waals surface area contributed by atoms with Gasteiger partial charge in [0.05, 0.1) is 5.92 Å². The molecule has 0 saturated carbocycles. The second-order valence-electron chi connectivity index (χ2n) is 5.39. The fourth-order valence-corrected chi connectivity index (χ4v) is 2.90. The molecule has 0 aromatic rings. The molecule has 1 aliphatic rings. The number of aliphatic carboxylic acids is 1. The van der Waals surface area contributed by atoms with E-state index < -0.39 is 23.6 Å². The molecule has 1 aliphatic heterocycles. The van der Waals surface area contributed by atoms with Gasteiger partial charge < -0.3 is 15.2 Å². The van der Waals surface area contributed by atoms with Crippen LogP contribution in [0, 0.1) is 5.92 Å². The van der Waals surface area contributed by atoms with Gasteiger partial charge in [0.25, 0.3) is 0 Å². The van der Waals surface area contributed by atoms with Crippen LogP contribution in [0.3, 0.4) is 0 Å². The zero-order chi connectivity index (χ0) is 13.8. The molecule has 1 saturated heterocycles. The van der Waals surface area contributed by atoms with E-state index >= 15 is 0 Å². The van der Waals surface area contributed by atoms with Crippen molar-refractivity contribution in [3.05, 3.63) is 0 Å². The van der Waals surface area contributed by atoms with Crippen molar-refractivity contribution in [2.75, 3.05) is 11.5 Å². The third-order valence-electron chi connectivity index (χ3n) is 2.65. The number of amides is 1. The number of alkyl carbamates (subject to hydrolysis) is 1. The van der Waals surface area contributed by atoms with Gasteiger partial charge in [0.1, 0.15) is 5.60 Å². The smallest absolute Gasteiger partial charge is 0.407 e. The maximum atomic E-state index is 11.7. The standard InChI is InChI=1S/C12H21NO4S/c1-12(2,3)17-11(16)13-9-5-7-18-6-4-8(9)10(14)15/h8-9H,4-7H2,1-3H3,(H,13,16)(H,14,15)/t8-,9+/m0/s1. The molecule has 2 atom stereocenters. The van der Waals surface area contributed by atoms with Gasteiger partial charge in [-0.1, -0.05) is 0 Å². The van der Waals surface area contributed by atoms with Crippen molar-refractivity contribution in [3.8, 4) is 0 Å². The van der Waals surface area contributed by atoms with Crippen LogP contribution in [0.5, 0.6) is 0 Å². The Labute approximate surface area is 112 Å². The minimum Gasteiger partial charge on any atom is -0.481 e. The molecule has 1 heterocycles. The van der Waals surface area contributed by atoms with Crippen molar-refractivity contribution < 1.29 is 19.4 Å². The van der Waals surface area contributed by atoms with Crippen LogP contribution in [-0.4, -0.2) is 40.3 Å². The Morgan fingerprint density at radius 3 is 2.44 bits per heavy atom. The number of carboxylic acid groups (broad SMARTS) is 1. The van der Waals surface area contributed by atoms with Gasteiger partial charge in [0, 0.05) is 6.04 Å². The number of carbonyl (C=O) groups is 2. The van der Waals surface area contributed by atoms with Gasteiger partial charge in [0.2, 0.25) is 0 Å². The molecule has 0 radical (unpaired) electrons. The van der Waals surface area contributed by atoms with Gasteiger partial charge >= 0.3 is 12.1 Å². The van der Waals surface area contributed by atoms with Crippen molar-refractivity contribution in [3.63, 3.8) is 0 Å². The van der Waals surface area contributed by atoms with Crippen LogP contribution in [0.25, 0.3) is 0 Å². The molecule has 0 spiro atoms. The van der Waals surface area contributed by atoms with Gasteiger partial charge in [-0.3, -0.25) is 4.79 Å². The maximum Gasteiger partial charge on any atom is 0.407 e. The number of ether oxygens (including phenoxy) is 1. The van der Waals surface area contributed by atoms with E-state index in [-0.39, 0.29) is 6.04 Å². The second kappa shape index (κ2) is 6.31. The topological polar surface area (TPSA) is 75.6 Å². The molecule has 0 unspecified atom stereocenters. The molecule has 0 bridgehead atoms. The van der Waals surface area contributed by atoms with E-state index in [1.165, 1.54) is 0 Å². The molecular weight excluding hydrogens is 254 g/mol. The monoisotopic (exact) mass is 275 g/mol. The normalized spacial score (nSPS) is 25.1. The molecule has 1 fully saturated rings. The third kappa shape index (κ3) is 5.16. The van der Waals surface area contributed by atoms with Crippen molar-refractivity contribution in [1.82, 2.24) is 5.32 Å². The lowest BCUT2D eigenvalue weighted by molar-refractivity contribution is -0.142. The molecular formula is C12H21NO4S. The molecule has 1 rings (SSSR count). The average Bonchev–Trinajstić information content (AvgIpc) is 2.39. The summed E-state index contributed by atoms with van der Waals surface area (Å²) in [6, 6.07) is -0.340. The fraction of sp³-hybridized carbons (Fsp3) is 0.833. The van der Waals surface area contributed by atoms with Crippen molar-refractivity contribution in [1.29, 1.82) is 0 Å². The number of thioether (sulfide) groups is 1. The Kier molecular flexibility index (Phi) is 5.31. The second-order valence-corrected chi connectivity index (χ2v) is 6.61. The molecule has 1 amide bonds. The first-order valence-electron chi connectivity index (χ1n) is 6.09. The minimum absolute atomic E-state index is 0.340. The first kappa shape index (κ1) is 15.1. The van der Waals surface area contributed by atoms with Crippen LogP contribution >= 0.6 is 11.8 Å². The number of nitrogens with one attached hydrogen (secondary N) is 1. The quantitative estimate of drug-likeness (QED) is 0.807. The van der Waals surface area contributed by atoms with Gasteiger partial charge in [-0.15, -0.1) is 0 Å². The lowest BCUT2D eigenvalue weighted by Gasteiger charge is -2.25. The molecule has 5 nitrogen and oxygen atoms in total. The van der Waals surface area contributed by atoms with Gasteiger partial charge in [-0.05, 0) is 45.1 Å². The summed E-state index contributed by atoms with van der Waals surface area (Å²) < 4.78 is 5.16. The van der Waals surface area contributed by atoms with E-state index in [0.29, 0.717) is 12.8 Å². The third-order valence-corrected chi connectivity index (χ3v) is 3.70. The van der Waals surface area contributed by atoms with Crippen LogP contribution in [0.2, 0.25) is 0 Å². The lowest BCUT2D eigenvalue weighted by Crippen LogP contribution is -2.45. The lowest BCUT2D eigenvalue weighted by atomic mass is 9.95. The zero-order valence-electron chi connectivity index (χ0n) is 11.1. The molecule has 18 heavy (non-hydrogen) atoms. The van der Waals surface area contributed by atoms with Gasteiger partial charge in [0.15, 0.2) is 0 Å². The van der Waals surface area contributed by atoms with Gasteiger partial charge in [-0.25, -0.2) is 4.79 Å². The highest BCUT2D eigenvalue weighted by Crippen LogP contribution is 2.23. The zero-order valence-corrected chi connectivity index (χ0v) is 11.9. The molecule has 6 heteroatoms. The Morgan fingerprint density at radius 1 is 1.28 bits per heavy atom. The Balaban J connectivity index is 2.60. The predicted octanol–water partition coefficient (Wildman–Crippen LogP) is 2.11. The number of carboxylic acids is 1. The van der Waals surface area contributed by atoms with Crippen LogP contribution in [0.1, 0.15) is 33.6 Å². The van der Waals surface area contributed by atoms with Crippen LogP contribution in [-0.2, 0) is 9.53 Å². The first-order chi connectivity index (χ1) is 8.29. The van der Waals surface area contributed by atoms with E-state index in [2.05, 4.69) is 5.32 Å². The largest absolute Gasteiger partial charge is 0.481 e. The predicted molar refractivity (Wildman–Crippen MR) is 70.8 cm³/mol. The summed E-state index contributed by atoms with van der Waals surface area (Å²) in [5, 5.41) is 11.9. The summed E-state index contributed by atoms with van der Waals surface area (Å²) in [5.74, 6) is 0.319. The number of hydrogen-bond acceptors (Lipinski definition) is 4. The SMILES string of the molecule is CC(C)(C)OC(=O)N[C@@H]1CCSCC[C@@H]1C(=O)O. The summed E-state index contributed by atoms with van der Waals surface area (Å²) in [5.41, 5.74) is -0.567. The van der Waals surface area contributed by atoms with Crippen molar-refractivity contribution in [2.24, 2.45) is 5.92 Å². The van der Waals surface area contributed by atoms with Crippen LogP contribution < -0.4 is 5.32 Å². The Morgan fingerprint density at radius 2 is 1.89 bits per heavy atom. The highest BCUT2D eigenvalue weighted by Gasteiger charge is 2.31. The van der Waals surface area contributed by atoms with E-state index in [1.807, 2.05) is 0 Å². The summed E-state index contributed by atoms with van der Waals surface area (Å²) in [4.78, 5) is 22.9. The number of hydrogen-bond donors (Lipinski definition) is 2. The molecule has 2 N–H and O–H groups in total. The molecule has 104 valence electrons. The maximum absolute atomic E-state index is 11.7. The average molecular weight is 275 g/mol. The molecule has 0 aromatic heterocycles. The number of carbonyl (C=O) groups excluding carboxylic acids is 1. The highest BCUT2D eigenvalue weighted by molar-refractivity contribution is 7.99. The van der Waals surface area contributed by atoms with E-state index in [0.717, 1.165) is 11.5 Å². The van der Waals surface area contributed by atoms with E-state index in [9.17, 15) is 14.7 Å². The Bertz CT molecular complexity index is 314. The Hall–Kier alpha value is -0.910. The van der Waals surface area contributed by atoms with Crippen LogP contribution in [0.4, 0.5) is 4.79 Å². The van der Waals surface area contributed by atoms with Crippen molar-refractivity contribution >= 4 is 23.8 Å². The highest BCUT2D eigenvalue weighted by atomic mass is 32.2. The first-order valence-corrected chi connectivity index (χ1v) is 7.25.